The maximum atomic E-state index is 12.4. The quantitative estimate of drug-likeness (QED) is 0.0270. The summed E-state index contributed by atoms with van der Waals surface area (Å²) in [6.07, 6.45) is 54.1. The molecule has 0 aliphatic rings. The van der Waals surface area contributed by atoms with Crippen molar-refractivity contribution in [1.82, 2.24) is 0 Å². The molecule has 1 atom stereocenters. The molecule has 0 spiro atoms. The Hall–Kier alpha value is -1.99. The molecule has 57 heavy (non-hydrogen) atoms. The van der Waals surface area contributed by atoms with E-state index in [2.05, 4.69) is 67.0 Å². The van der Waals surface area contributed by atoms with Crippen molar-refractivity contribution in [2.75, 3.05) is 13.2 Å². The van der Waals surface area contributed by atoms with Crippen molar-refractivity contribution in [1.29, 1.82) is 0 Å². The molecule has 0 rings (SSSR count). The Morgan fingerprint density at radius 1 is 0.456 bits per heavy atom. The summed E-state index contributed by atoms with van der Waals surface area (Å²) in [4.78, 5) is 43.0. The molecule has 2 N–H and O–H groups in total. The van der Waals surface area contributed by atoms with Crippen LogP contribution in [0.15, 0.2) is 48.6 Å². The van der Waals surface area contributed by atoms with Crippen LogP contribution in [0.1, 0.15) is 226 Å². The van der Waals surface area contributed by atoms with Crippen LogP contribution in [0.4, 0.5) is 0 Å². The van der Waals surface area contributed by atoms with Gasteiger partial charge in [0.05, 0.1) is 6.61 Å². The van der Waals surface area contributed by atoms with E-state index in [1.54, 1.807) is 0 Å². The molecule has 0 bridgehead atoms. The number of carbonyl (C=O) groups is 2. The summed E-state index contributed by atoms with van der Waals surface area (Å²) in [6.45, 7) is 3.66. The Balaban J connectivity index is 3.91. The van der Waals surface area contributed by atoms with Crippen molar-refractivity contribution in [2.45, 2.75) is 232 Å². The first-order valence-corrected chi connectivity index (χ1v) is 25.0. The number of esters is 2. The summed E-state index contributed by atoms with van der Waals surface area (Å²) < 4.78 is 26.4. The minimum Gasteiger partial charge on any atom is -0.462 e. The average Bonchev–Trinajstić information content (AvgIpc) is 3.18. The summed E-state index contributed by atoms with van der Waals surface area (Å²) in [7, 11) is -4.76. The lowest BCUT2D eigenvalue weighted by atomic mass is 10.0. The number of allylic oxidation sites excluding steroid dienone is 8. The van der Waals surface area contributed by atoms with Gasteiger partial charge in [-0.3, -0.25) is 14.1 Å². The molecule has 0 saturated carbocycles. The second kappa shape index (κ2) is 43.6. The van der Waals surface area contributed by atoms with E-state index in [0.717, 1.165) is 57.8 Å². The molecule has 0 radical (unpaired) electrons. The first-order chi connectivity index (χ1) is 27.8. The minimum absolute atomic E-state index is 0.207. The number of phosphoric ester groups is 1. The monoisotopic (exact) mass is 823 g/mol. The zero-order valence-electron chi connectivity index (χ0n) is 36.7. The molecule has 8 nitrogen and oxygen atoms in total. The van der Waals surface area contributed by atoms with Gasteiger partial charge in [0.15, 0.2) is 6.10 Å². The Bertz CT molecular complexity index is 1060. The number of hydrogen-bond acceptors (Lipinski definition) is 6. The van der Waals surface area contributed by atoms with Gasteiger partial charge < -0.3 is 19.3 Å². The summed E-state index contributed by atoms with van der Waals surface area (Å²) in [5.74, 6) is -0.913. The van der Waals surface area contributed by atoms with E-state index in [4.69, 9.17) is 19.3 Å². The van der Waals surface area contributed by atoms with Crippen LogP contribution in [0.5, 0.6) is 0 Å². The maximum absolute atomic E-state index is 12.4. The number of unbranched alkanes of at least 4 members (excludes halogenated alkanes) is 25. The standard InChI is InChI=1S/C48H87O8P/c1-3-5-7-9-11-13-15-17-19-21-23-25-27-29-31-33-35-37-39-41-43-48(50)56-46(45-55-57(51,52)53)44-54-47(49)42-40-38-36-34-32-30-28-26-24-22-20-18-16-14-12-10-8-6-4-2/h12,14,18,20,24,26,30,32,46H,3-11,13,15-17,19,21-23,25,27-29,31,33-45H2,1-2H3,(H2,51,52,53)/b14-12+,20-18+,26-24+,32-30+/t46-/m1/s1. The highest BCUT2D eigenvalue weighted by molar-refractivity contribution is 7.46. The third-order valence-electron chi connectivity index (χ3n) is 10.1. The average molecular weight is 823 g/mol. The lowest BCUT2D eigenvalue weighted by molar-refractivity contribution is -0.161. The van der Waals surface area contributed by atoms with Crippen molar-refractivity contribution in [3.8, 4) is 0 Å². The van der Waals surface area contributed by atoms with Crippen LogP contribution < -0.4 is 0 Å². The van der Waals surface area contributed by atoms with Crippen molar-refractivity contribution in [3.05, 3.63) is 48.6 Å². The Kier molecular flexibility index (Phi) is 42.1. The number of rotatable bonds is 43. The van der Waals surface area contributed by atoms with Crippen LogP contribution >= 0.6 is 7.82 Å². The first-order valence-electron chi connectivity index (χ1n) is 23.4. The van der Waals surface area contributed by atoms with Gasteiger partial charge in [0.25, 0.3) is 0 Å². The maximum Gasteiger partial charge on any atom is 0.469 e. The van der Waals surface area contributed by atoms with Crippen LogP contribution in [-0.4, -0.2) is 41.0 Å². The number of ether oxygens (including phenoxy) is 2. The molecule has 0 saturated heterocycles. The topological polar surface area (TPSA) is 119 Å². The minimum atomic E-state index is -4.76. The second-order valence-corrected chi connectivity index (χ2v) is 17.0. The highest BCUT2D eigenvalue weighted by Gasteiger charge is 2.22. The van der Waals surface area contributed by atoms with Crippen LogP contribution in [0.2, 0.25) is 0 Å². The van der Waals surface area contributed by atoms with E-state index in [1.807, 2.05) is 0 Å². The van der Waals surface area contributed by atoms with Gasteiger partial charge in [-0.1, -0.05) is 204 Å². The fourth-order valence-electron chi connectivity index (χ4n) is 6.59. The Morgan fingerprint density at radius 3 is 1.21 bits per heavy atom. The van der Waals surface area contributed by atoms with Crippen molar-refractivity contribution < 1.29 is 37.9 Å². The van der Waals surface area contributed by atoms with Crippen LogP contribution in [0.25, 0.3) is 0 Å². The zero-order valence-corrected chi connectivity index (χ0v) is 37.6. The van der Waals surface area contributed by atoms with Crippen LogP contribution in [0, 0.1) is 0 Å². The number of phosphoric acid groups is 1. The lowest BCUT2D eigenvalue weighted by Crippen LogP contribution is -2.29. The van der Waals surface area contributed by atoms with E-state index in [-0.39, 0.29) is 19.4 Å². The molecule has 0 aromatic rings. The SMILES string of the molecule is CCCCC/C=C/C/C=C/C/C=C/C/C=C/CCCCCC(=O)OC[C@H](COP(=O)(O)O)OC(=O)CCCCCCCCCCCCCCCCCCCCCC. The molecule has 0 heterocycles. The molecule has 0 aliphatic heterocycles. The fraction of sp³-hybridized carbons (Fsp3) is 0.792. The van der Waals surface area contributed by atoms with Crippen molar-refractivity contribution in [2.24, 2.45) is 0 Å². The van der Waals surface area contributed by atoms with Gasteiger partial charge in [-0.05, 0) is 57.8 Å². The van der Waals surface area contributed by atoms with Gasteiger partial charge in [-0.25, -0.2) is 4.57 Å². The summed E-state index contributed by atoms with van der Waals surface area (Å²) in [5, 5.41) is 0. The molecule has 0 aromatic carbocycles. The fourth-order valence-corrected chi connectivity index (χ4v) is 6.95. The molecule has 0 aromatic heterocycles. The van der Waals surface area contributed by atoms with E-state index in [9.17, 15) is 14.2 Å². The molecule has 332 valence electrons. The summed E-state index contributed by atoms with van der Waals surface area (Å²) in [5.41, 5.74) is 0. The van der Waals surface area contributed by atoms with E-state index in [1.165, 1.54) is 128 Å². The van der Waals surface area contributed by atoms with Crippen molar-refractivity contribution >= 4 is 19.8 Å². The summed E-state index contributed by atoms with van der Waals surface area (Å²) >= 11 is 0. The second-order valence-electron chi connectivity index (χ2n) is 15.7. The van der Waals surface area contributed by atoms with Gasteiger partial charge in [-0.15, -0.1) is 0 Å². The summed E-state index contributed by atoms with van der Waals surface area (Å²) in [6, 6.07) is 0. The molecule has 9 heteroatoms. The third-order valence-corrected chi connectivity index (χ3v) is 10.6. The Morgan fingerprint density at radius 2 is 0.789 bits per heavy atom. The van der Waals surface area contributed by atoms with E-state index >= 15 is 0 Å². The predicted molar refractivity (Wildman–Crippen MR) is 239 cm³/mol. The molecule has 0 unspecified atom stereocenters. The number of carbonyl (C=O) groups excluding carboxylic acids is 2. The van der Waals surface area contributed by atoms with Crippen molar-refractivity contribution in [3.63, 3.8) is 0 Å². The zero-order chi connectivity index (χ0) is 41.8. The molecule has 0 fully saturated rings. The van der Waals surface area contributed by atoms with Gasteiger partial charge in [0, 0.05) is 12.8 Å². The normalized spacial score (nSPS) is 12.8. The largest absolute Gasteiger partial charge is 0.469 e. The first kappa shape index (κ1) is 55.0. The number of hydrogen-bond donors (Lipinski definition) is 2. The molecular formula is C48H87O8P. The van der Waals surface area contributed by atoms with Gasteiger partial charge in [0.1, 0.15) is 6.61 Å². The highest BCUT2D eigenvalue weighted by atomic mass is 31.2. The molecule has 0 aliphatic carbocycles. The van der Waals surface area contributed by atoms with Crippen LogP contribution in [0.3, 0.4) is 0 Å². The van der Waals surface area contributed by atoms with Gasteiger partial charge >= 0.3 is 19.8 Å². The predicted octanol–water partition coefficient (Wildman–Crippen LogP) is 14.7. The lowest BCUT2D eigenvalue weighted by Gasteiger charge is -2.18. The highest BCUT2D eigenvalue weighted by Crippen LogP contribution is 2.36. The molecule has 0 amide bonds. The van der Waals surface area contributed by atoms with Gasteiger partial charge in [0.2, 0.25) is 0 Å². The third kappa shape index (κ3) is 46.6. The van der Waals surface area contributed by atoms with Gasteiger partial charge in [-0.2, -0.15) is 0 Å². The smallest absolute Gasteiger partial charge is 0.462 e. The Labute approximate surface area is 350 Å². The van der Waals surface area contributed by atoms with E-state index < -0.39 is 32.5 Å². The molecular weight excluding hydrogens is 735 g/mol. The van der Waals surface area contributed by atoms with Crippen LogP contribution in [-0.2, 0) is 28.2 Å². The van der Waals surface area contributed by atoms with E-state index in [0.29, 0.717) is 12.8 Å².